The number of carbonyl (C=O) groups excluding carboxylic acids is 1. The summed E-state index contributed by atoms with van der Waals surface area (Å²) >= 11 is 0. The molecule has 0 aromatic heterocycles. The normalized spacial score (nSPS) is 13.9. The van der Waals surface area contributed by atoms with Crippen LogP contribution in [0.1, 0.15) is 48.5 Å². The molecule has 0 aromatic rings. The molecule has 0 aromatic carbocycles. The number of nitrogens with zero attached hydrogens (tertiary/aromatic N) is 1. The SMILES string of the molecule is CCN(C(=O)OC(C)(C)C)C(C)C(C)C. The minimum absolute atomic E-state index is 0.213. The molecule has 3 nitrogen and oxygen atoms in total. The Morgan fingerprint density at radius 2 is 1.73 bits per heavy atom. The summed E-state index contributed by atoms with van der Waals surface area (Å²) in [5.41, 5.74) is -0.415. The lowest BCUT2D eigenvalue weighted by Crippen LogP contribution is -2.44. The van der Waals surface area contributed by atoms with E-state index >= 15 is 0 Å². The molecule has 0 rings (SSSR count). The van der Waals surface area contributed by atoms with Crippen molar-refractivity contribution in [2.24, 2.45) is 5.92 Å². The molecule has 0 bridgehead atoms. The van der Waals surface area contributed by atoms with Crippen molar-refractivity contribution in [3.63, 3.8) is 0 Å². The fourth-order valence-corrected chi connectivity index (χ4v) is 1.26. The lowest BCUT2D eigenvalue weighted by Gasteiger charge is -2.32. The minimum atomic E-state index is -0.415. The van der Waals surface area contributed by atoms with E-state index in [0.29, 0.717) is 12.5 Å². The summed E-state index contributed by atoms with van der Waals surface area (Å²) in [6.07, 6.45) is -0.216. The molecule has 1 amide bonds. The van der Waals surface area contributed by atoms with E-state index in [2.05, 4.69) is 20.8 Å². The van der Waals surface area contributed by atoms with Gasteiger partial charge in [-0.1, -0.05) is 13.8 Å². The van der Waals surface area contributed by atoms with Gasteiger partial charge in [0.05, 0.1) is 0 Å². The number of rotatable bonds is 3. The maximum atomic E-state index is 11.8. The van der Waals surface area contributed by atoms with Gasteiger partial charge in [0.1, 0.15) is 5.60 Å². The van der Waals surface area contributed by atoms with Crippen molar-refractivity contribution in [3.8, 4) is 0 Å². The molecule has 0 aliphatic carbocycles. The van der Waals surface area contributed by atoms with Crippen molar-refractivity contribution in [1.29, 1.82) is 0 Å². The average Bonchev–Trinajstić information content (AvgIpc) is 2.01. The third-order valence-corrected chi connectivity index (χ3v) is 2.43. The van der Waals surface area contributed by atoms with Gasteiger partial charge < -0.3 is 9.64 Å². The Balaban J connectivity index is 4.48. The monoisotopic (exact) mass is 215 g/mol. The second kappa shape index (κ2) is 5.38. The largest absolute Gasteiger partial charge is 0.444 e. The quantitative estimate of drug-likeness (QED) is 0.723. The standard InChI is InChI=1S/C12H25NO2/c1-8-13(10(4)9(2)3)11(14)15-12(5,6)7/h9-10H,8H2,1-7H3. The molecule has 1 atom stereocenters. The Morgan fingerprint density at radius 3 is 2.00 bits per heavy atom. The second-order valence-electron chi connectivity index (χ2n) is 5.25. The van der Waals surface area contributed by atoms with Gasteiger partial charge in [0.15, 0.2) is 0 Å². The summed E-state index contributed by atoms with van der Waals surface area (Å²) < 4.78 is 5.35. The number of carbonyl (C=O) groups is 1. The first-order valence-electron chi connectivity index (χ1n) is 5.68. The summed E-state index contributed by atoms with van der Waals surface area (Å²) in [6.45, 7) is 14.6. The summed E-state index contributed by atoms with van der Waals surface area (Å²) in [6, 6.07) is 0.213. The highest BCUT2D eigenvalue weighted by atomic mass is 16.6. The van der Waals surface area contributed by atoms with Gasteiger partial charge in [-0.3, -0.25) is 0 Å². The highest BCUT2D eigenvalue weighted by Crippen LogP contribution is 2.15. The first-order valence-corrected chi connectivity index (χ1v) is 5.68. The first kappa shape index (κ1) is 14.3. The Morgan fingerprint density at radius 1 is 1.27 bits per heavy atom. The number of hydrogen-bond acceptors (Lipinski definition) is 2. The minimum Gasteiger partial charge on any atom is -0.444 e. The Labute approximate surface area is 93.8 Å². The molecule has 0 saturated heterocycles. The lowest BCUT2D eigenvalue weighted by atomic mass is 10.1. The summed E-state index contributed by atoms with van der Waals surface area (Å²) in [5, 5.41) is 0. The van der Waals surface area contributed by atoms with Crippen LogP contribution in [0.25, 0.3) is 0 Å². The van der Waals surface area contributed by atoms with Gasteiger partial charge in [-0.05, 0) is 40.5 Å². The van der Waals surface area contributed by atoms with Gasteiger partial charge in [-0.25, -0.2) is 4.79 Å². The summed E-state index contributed by atoms with van der Waals surface area (Å²) in [5.74, 6) is 0.442. The fraction of sp³-hybridized carbons (Fsp3) is 0.917. The molecule has 0 spiro atoms. The van der Waals surface area contributed by atoms with E-state index < -0.39 is 5.60 Å². The maximum absolute atomic E-state index is 11.8. The van der Waals surface area contributed by atoms with E-state index in [1.807, 2.05) is 27.7 Å². The Hall–Kier alpha value is -0.730. The van der Waals surface area contributed by atoms with Gasteiger partial charge >= 0.3 is 6.09 Å². The van der Waals surface area contributed by atoms with Gasteiger partial charge in [-0.15, -0.1) is 0 Å². The molecule has 0 fully saturated rings. The molecule has 0 radical (unpaired) electrons. The zero-order valence-electron chi connectivity index (χ0n) is 11.1. The average molecular weight is 215 g/mol. The molecule has 1 unspecified atom stereocenters. The second-order valence-corrected chi connectivity index (χ2v) is 5.25. The smallest absolute Gasteiger partial charge is 0.410 e. The van der Waals surface area contributed by atoms with Crippen LogP contribution in [-0.2, 0) is 4.74 Å². The van der Waals surface area contributed by atoms with Gasteiger partial charge in [0, 0.05) is 12.6 Å². The molecule has 90 valence electrons. The molecular weight excluding hydrogens is 190 g/mol. The van der Waals surface area contributed by atoms with Crippen molar-refractivity contribution in [1.82, 2.24) is 4.90 Å². The molecular formula is C12H25NO2. The molecule has 0 aliphatic heterocycles. The van der Waals surface area contributed by atoms with Gasteiger partial charge in [0.25, 0.3) is 0 Å². The predicted octanol–water partition coefficient (Wildman–Crippen LogP) is 3.29. The predicted molar refractivity (Wildman–Crippen MR) is 62.9 cm³/mol. The van der Waals surface area contributed by atoms with Crippen LogP contribution in [0.3, 0.4) is 0 Å². The van der Waals surface area contributed by atoms with Crippen LogP contribution in [0.4, 0.5) is 4.79 Å². The Bertz CT molecular complexity index is 206. The Kier molecular flexibility index (Phi) is 5.12. The van der Waals surface area contributed by atoms with Gasteiger partial charge in [-0.2, -0.15) is 0 Å². The van der Waals surface area contributed by atoms with E-state index in [9.17, 15) is 4.79 Å². The van der Waals surface area contributed by atoms with Crippen molar-refractivity contribution in [3.05, 3.63) is 0 Å². The van der Waals surface area contributed by atoms with E-state index in [4.69, 9.17) is 4.74 Å². The molecule has 3 heteroatoms. The zero-order chi connectivity index (χ0) is 12.2. The molecule has 0 aliphatic rings. The number of ether oxygens (including phenoxy) is 1. The van der Waals surface area contributed by atoms with Crippen LogP contribution in [0.15, 0.2) is 0 Å². The molecule has 0 N–H and O–H groups in total. The van der Waals surface area contributed by atoms with E-state index in [0.717, 1.165) is 0 Å². The summed E-state index contributed by atoms with van der Waals surface area (Å²) in [7, 11) is 0. The van der Waals surface area contributed by atoms with Gasteiger partial charge in [0.2, 0.25) is 0 Å². The highest BCUT2D eigenvalue weighted by Gasteiger charge is 2.25. The third-order valence-electron chi connectivity index (χ3n) is 2.43. The lowest BCUT2D eigenvalue weighted by molar-refractivity contribution is 0.0146. The van der Waals surface area contributed by atoms with Crippen molar-refractivity contribution in [2.75, 3.05) is 6.54 Å². The third kappa shape index (κ3) is 5.05. The zero-order valence-corrected chi connectivity index (χ0v) is 11.1. The molecule has 0 saturated carbocycles. The van der Waals surface area contributed by atoms with E-state index in [1.165, 1.54) is 0 Å². The van der Waals surface area contributed by atoms with E-state index in [1.54, 1.807) is 4.90 Å². The van der Waals surface area contributed by atoms with Crippen molar-refractivity contribution < 1.29 is 9.53 Å². The number of hydrogen-bond donors (Lipinski definition) is 0. The van der Waals surface area contributed by atoms with Crippen LogP contribution in [0.2, 0.25) is 0 Å². The van der Waals surface area contributed by atoms with E-state index in [-0.39, 0.29) is 12.1 Å². The van der Waals surface area contributed by atoms with Crippen LogP contribution in [-0.4, -0.2) is 29.2 Å². The van der Waals surface area contributed by atoms with Crippen LogP contribution >= 0.6 is 0 Å². The van der Waals surface area contributed by atoms with Crippen LogP contribution in [0, 0.1) is 5.92 Å². The van der Waals surface area contributed by atoms with Crippen LogP contribution < -0.4 is 0 Å². The van der Waals surface area contributed by atoms with Crippen molar-refractivity contribution >= 4 is 6.09 Å². The van der Waals surface area contributed by atoms with Crippen molar-refractivity contribution in [2.45, 2.75) is 60.1 Å². The topological polar surface area (TPSA) is 29.5 Å². The number of amides is 1. The first-order chi connectivity index (χ1) is 6.69. The molecule has 0 heterocycles. The maximum Gasteiger partial charge on any atom is 0.410 e. The highest BCUT2D eigenvalue weighted by molar-refractivity contribution is 5.68. The summed E-state index contributed by atoms with van der Waals surface area (Å²) in [4.78, 5) is 13.6. The fourth-order valence-electron chi connectivity index (χ4n) is 1.26. The molecule has 15 heavy (non-hydrogen) atoms. The van der Waals surface area contributed by atoms with Crippen LogP contribution in [0.5, 0.6) is 0 Å².